The number of guanidine groups is 1. The minimum atomic E-state index is 0. The van der Waals surface area contributed by atoms with E-state index in [9.17, 15) is 0 Å². The topological polar surface area (TPSA) is 55.8 Å². The fraction of sp³-hybridized carbons (Fsp3) is 0.714. The van der Waals surface area contributed by atoms with Gasteiger partial charge in [0.05, 0.1) is 0 Å². The van der Waals surface area contributed by atoms with Crippen LogP contribution in [0.5, 0.6) is 0 Å². The van der Waals surface area contributed by atoms with E-state index in [1.165, 1.54) is 25.7 Å². The van der Waals surface area contributed by atoms with E-state index in [0.29, 0.717) is 6.04 Å². The first kappa shape index (κ1) is 23.2. The zero-order valence-corrected chi connectivity index (χ0v) is 20.0. The predicted molar refractivity (Wildman–Crippen MR) is 129 cm³/mol. The van der Waals surface area contributed by atoms with E-state index in [1.54, 1.807) is 0 Å². The van der Waals surface area contributed by atoms with Crippen LogP contribution in [-0.4, -0.2) is 68.2 Å². The molecule has 1 aromatic heterocycles. The molecule has 0 amide bonds. The molecule has 2 N–H and O–H groups in total. The van der Waals surface area contributed by atoms with E-state index < -0.39 is 0 Å². The zero-order valence-electron chi connectivity index (χ0n) is 17.7. The molecule has 1 saturated carbocycles. The van der Waals surface area contributed by atoms with Crippen LogP contribution in [0.1, 0.15) is 44.2 Å². The summed E-state index contributed by atoms with van der Waals surface area (Å²) in [5.74, 6) is 2.04. The highest BCUT2D eigenvalue weighted by Crippen LogP contribution is 2.22. The number of aromatic nitrogens is 1. The van der Waals surface area contributed by atoms with E-state index in [-0.39, 0.29) is 24.0 Å². The first-order valence-corrected chi connectivity index (χ1v) is 10.5. The van der Waals surface area contributed by atoms with Gasteiger partial charge in [0.1, 0.15) is 5.82 Å². The lowest BCUT2D eigenvalue weighted by Crippen LogP contribution is -2.50. The van der Waals surface area contributed by atoms with Gasteiger partial charge in [-0.05, 0) is 51.8 Å². The molecule has 0 unspecified atom stereocenters. The van der Waals surface area contributed by atoms with Crippen molar-refractivity contribution in [1.82, 2.24) is 20.5 Å². The summed E-state index contributed by atoms with van der Waals surface area (Å²) in [7, 11) is 4.12. The van der Waals surface area contributed by atoms with Gasteiger partial charge < -0.3 is 20.4 Å². The first-order chi connectivity index (χ1) is 13.2. The molecule has 28 heavy (non-hydrogen) atoms. The standard InChI is InChI=1S/C21H36N6.HI/c1-17-7-6-10-20(24-17)27-14-11-18(12-15-27)25-21(22-2)23-13-16-26(3)19-8-4-5-9-19;/h6-7,10,18-19H,4-5,8-9,11-16H2,1-3H3,(H2,22,23,25);1H. The van der Waals surface area contributed by atoms with Gasteiger partial charge in [-0.15, -0.1) is 24.0 Å². The van der Waals surface area contributed by atoms with Crippen LogP contribution in [0.3, 0.4) is 0 Å². The number of nitrogens with one attached hydrogen (secondary N) is 2. The minimum Gasteiger partial charge on any atom is -0.356 e. The van der Waals surface area contributed by atoms with Crippen LogP contribution in [-0.2, 0) is 0 Å². The van der Waals surface area contributed by atoms with Crippen molar-refractivity contribution < 1.29 is 0 Å². The Bertz CT molecular complexity index is 609. The summed E-state index contributed by atoms with van der Waals surface area (Å²) >= 11 is 0. The van der Waals surface area contributed by atoms with Crippen molar-refractivity contribution in [2.24, 2.45) is 4.99 Å². The molecule has 2 aliphatic rings. The second-order valence-electron chi connectivity index (χ2n) is 7.96. The average molecular weight is 500 g/mol. The van der Waals surface area contributed by atoms with Gasteiger partial charge in [0.15, 0.2) is 5.96 Å². The number of halogens is 1. The van der Waals surface area contributed by atoms with Gasteiger partial charge in [0, 0.05) is 51.0 Å². The Kier molecular flexibility index (Phi) is 9.77. The average Bonchev–Trinajstić information content (AvgIpc) is 3.22. The number of anilines is 1. The number of aliphatic imine (C=N–C) groups is 1. The zero-order chi connectivity index (χ0) is 19.1. The molecule has 0 spiro atoms. The summed E-state index contributed by atoms with van der Waals surface area (Å²) in [4.78, 5) is 14.0. The molecule has 0 atom stereocenters. The van der Waals surface area contributed by atoms with Crippen LogP contribution in [0.4, 0.5) is 5.82 Å². The lowest BCUT2D eigenvalue weighted by molar-refractivity contribution is 0.249. The highest BCUT2D eigenvalue weighted by atomic mass is 127. The molecule has 0 radical (unpaired) electrons. The Balaban J connectivity index is 0.00000280. The third kappa shape index (κ3) is 6.76. The summed E-state index contributed by atoms with van der Waals surface area (Å²) in [6.07, 6.45) is 7.72. The third-order valence-corrected chi connectivity index (χ3v) is 5.96. The van der Waals surface area contributed by atoms with Crippen molar-refractivity contribution in [3.8, 4) is 0 Å². The Morgan fingerprint density at radius 1 is 1.21 bits per heavy atom. The van der Waals surface area contributed by atoms with E-state index >= 15 is 0 Å². The van der Waals surface area contributed by atoms with E-state index in [2.05, 4.69) is 62.6 Å². The Morgan fingerprint density at radius 3 is 2.57 bits per heavy atom. The maximum absolute atomic E-state index is 4.65. The number of piperidine rings is 1. The van der Waals surface area contributed by atoms with Crippen molar-refractivity contribution >= 4 is 35.8 Å². The SMILES string of the molecule is CN=C(NCCN(C)C1CCCC1)NC1CCN(c2cccc(C)n2)CC1.I. The van der Waals surface area contributed by atoms with Crippen LogP contribution in [0.2, 0.25) is 0 Å². The fourth-order valence-electron chi connectivity index (χ4n) is 4.22. The van der Waals surface area contributed by atoms with Gasteiger partial charge in [-0.3, -0.25) is 4.99 Å². The first-order valence-electron chi connectivity index (χ1n) is 10.5. The highest BCUT2D eigenvalue weighted by molar-refractivity contribution is 14.0. The van der Waals surface area contributed by atoms with Gasteiger partial charge in [-0.1, -0.05) is 18.9 Å². The molecule has 0 aromatic carbocycles. The normalized spacial score (nSPS) is 19.0. The van der Waals surface area contributed by atoms with Gasteiger partial charge in [-0.25, -0.2) is 4.98 Å². The van der Waals surface area contributed by atoms with Crippen LogP contribution in [0, 0.1) is 6.92 Å². The molecular weight excluding hydrogens is 463 g/mol. The van der Waals surface area contributed by atoms with Gasteiger partial charge in [-0.2, -0.15) is 0 Å². The summed E-state index contributed by atoms with van der Waals surface area (Å²) in [6.45, 7) is 6.14. The van der Waals surface area contributed by atoms with Crippen molar-refractivity contribution in [2.45, 2.75) is 57.5 Å². The molecular formula is C21H37IN6. The number of likely N-dealkylation sites (N-methyl/N-ethyl adjacent to an activating group) is 1. The van der Waals surface area contributed by atoms with Crippen LogP contribution >= 0.6 is 24.0 Å². The third-order valence-electron chi connectivity index (χ3n) is 5.96. The molecule has 1 aromatic rings. The van der Waals surface area contributed by atoms with E-state index in [0.717, 1.165) is 62.5 Å². The van der Waals surface area contributed by atoms with Crippen molar-refractivity contribution in [3.05, 3.63) is 23.9 Å². The molecule has 1 saturated heterocycles. The highest BCUT2D eigenvalue weighted by Gasteiger charge is 2.21. The smallest absolute Gasteiger partial charge is 0.191 e. The second kappa shape index (κ2) is 11.8. The van der Waals surface area contributed by atoms with Gasteiger partial charge >= 0.3 is 0 Å². The second-order valence-corrected chi connectivity index (χ2v) is 7.96. The molecule has 6 nitrogen and oxygen atoms in total. The number of hydrogen-bond acceptors (Lipinski definition) is 4. The fourth-order valence-corrected chi connectivity index (χ4v) is 4.22. The molecule has 0 bridgehead atoms. The molecule has 7 heteroatoms. The van der Waals surface area contributed by atoms with Crippen molar-refractivity contribution in [1.29, 1.82) is 0 Å². The van der Waals surface area contributed by atoms with Gasteiger partial charge in [0.2, 0.25) is 0 Å². The molecule has 1 aliphatic heterocycles. The quantitative estimate of drug-likeness (QED) is 0.358. The monoisotopic (exact) mass is 500 g/mol. The molecule has 2 heterocycles. The van der Waals surface area contributed by atoms with E-state index in [4.69, 9.17) is 0 Å². The number of nitrogens with zero attached hydrogens (tertiary/aromatic N) is 4. The number of rotatable bonds is 6. The Morgan fingerprint density at radius 2 is 1.93 bits per heavy atom. The molecule has 2 fully saturated rings. The lowest BCUT2D eigenvalue weighted by Gasteiger charge is -2.34. The minimum absolute atomic E-state index is 0. The Hall–Kier alpha value is -1.09. The molecule has 1 aliphatic carbocycles. The van der Waals surface area contributed by atoms with Crippen molar-refractivity contribution in [3.63, 3.8) is 0 Å². The largest absolute Gasteiger partial charge is 0.356 e. The maximum Gasteiger partial charge on any atom is 0.191 e. The predicted octanol–water partition coefficient (Wildman–Crippen LogP) is 3.02. The lowest BCUT2D eigenvalue weighted by atomic mass is 10.1. The Labute approximate surface area is 187 Å². The van der Waals surface area contributed by atoms with Crippen LogP contribution in [0.15, 0.2) is 23.2 Å². The number of aryl methyl sites for hydroxylation is 1. The maximum atomic E-state index is 4.65. The van der Waals surface area contributed by atoms with E-state index in [1.807, 2.05) is 7.05 Å². The number of hydrogen-bond donors (Lipinski definition) is 2. The van der Waals surface area contributed by atoms with Gasteiger partial charge in [0.25, 0.3) is 0 Å². The van der Waals surface area contributed by atoms with Crippen molar-refractivity contribution in [2.75, 3.05) is 45.2 Å². The molecule has 158 valence electrons. The summed E-state index contributed by atoms with van der Waals surface area (Å²) < 4.78 is 0. The summed E-state index contributed by atoms with van der Waals surface area (Å²) in [5, 5.41) is 7.10. The summed E-state index contributed by atoms with van der Waals surface area (Å²) in [5.41, 5.74) is 1.08. The number of pyridine rings is 1. The van der Waals surface area contributed by atoms with Crippen LogP contribution < -0.4 is 15.5 Å². The van der Waals surface area contributed by atoms with Crippen LogP contribution in [0.25, 0.3) is 0 Å². The summed E-state index contributed by atoms with van der Waals surface area (Å²) in [6, 6.07) is 7.52. The molecule has 3 rings (SSSR count).